The molecule has 5 heteroatoms. The number of hydrogen-bond donors (Lipinski definition) is 0. The summed E-state index contributed by atoms with van der Waals surface area (Å²) in [6.45, 7) is 9.96. The Balaban J connectivity index is 3.48. The molecule has 0 saturated heterocycles. The standard InChI is InChI=1S/C10H20O4Si/c1-9(2)10(11)13-7-6-8-14-15(4,5)12-3/h1,6-8H2,2-5H3. The van der Waals surface area contributed by atoms with Crippen LogP contribution in [0.2, 0.25) is 13.1 Å². The summed E-state index contributed by atoms with van der Waals surface area (Å²) < 4.78 is 15.6. The predicted octanol–water partition coefficient (Wildman–Crippen LogP) is 1.86. The van der Waals surface area contributed by atoms with E-state index >= 15 is 0 Å². The molecule has 88 valence electrons. The number of esters is 1. The molecule has 15 heavy (non-hydrogen) atoms. The highest BCUT2D eigenvalue weighted by Gasteiger charge is 2.21. The third kappa shape index (κ3) is 7.30. The topological polar surface area (TPSA) is 44.8 Å². The van der Waals surface area contributed by atoms with E-state index in [0.717, 1.165) is 0 Å². The minimum Gasteiger partial charge on any atom is -0.462 e. The minimum atomic E-state index is -1.93. The molecule has 0 unspecified atom stereocenters. The molecule has 4 nitrogen and oxygen atoms in total. The fourth-order valence-electron chi connectivity index (χ4n) is 0.724. The van der Waals surface area contributed by atoms with Gasteiger partial charge in [-0.05, 0) is 20.0 Å². The van der Waals surface area contributed by atoms with Gasteiger partial charge in [-0.2, -0.15) is 0 Å². The van der Waals surface area contributed by atoms with Gasteiger partial charge < -0.3 is 13.6 Å². The van der Waals surface area contributed by atoms with Crippen LogP contribution >= 0.6 is 0 Å². The van der Waals surface area contributed by atoms with Crippen molar-refractivity contribution >= 4 is 14.5 Å². The first-order valence-corrected chi connectivity index (χ1v) is 7.72. The maximum atomic E-state index is 11.0. The number of carbonyl (C=O) groups is 1. The van der Waals surface area contributed by atoms with Crippen molar-refractivity contribution in [1.82, 2.24) is 0 Å². The quantitative estimate of drug-likeness (QED) is 0.291. The van der Waals surface area contributed by atoms with Crippen molar-refractivity contribution in [3.8, 4) is 0 Å². The summed E-state index contributed by atoms with van der Waals surface area (Å²) in [5.41, 5.74) is 0.419. The summed E-state index contributed by atoms with van der Waals surface area (Å²) in [6.07, 6.45) is 0.679. The van der Waals surface area contributed by atoms with E-state index in [9.17, 15) is 4.79 Å². The number of carbonyl (C=O) groups excluding carboxylic acids is 1. The van der Waals surface area contributed by atoms with Gasteiger partial charge in [0, 0.05) is 25.7 Å². The van der Waals surface area contributed by atoms with Gasteiger partial charge in [0.05, 0.1) is 6.61 Å². The highest BCUT2D eigenvalue weighted by Crippen LogP contribution is 2.04. The zero-order valence-electron chi connectivity index (χ0n) is 9.96. The van der Waals surface area contributed by atoms with Crippen LogP contribution in [0.25, 0.3) is 0 Å². The minimum absolute atomic E-state index is 0.349. The third-order valence-electron chi connectivity index (χ3n) is 1.81. The zero-order chi connectivity index (χ0) is 11.9. The van der Waals surface area contributed by atoms with Crippen LogP contribution in [0.3, 0.4) is 0 Å². The molecule has 0 heterocycles. The summed E-state index contributed by atoms with van der Waals surface area (Å²) in [5.74, 6) is -0.349. The van der Waals surface area contributed by atoms with Crippen LogP contribution in [0.1, 0.15) is 13.3 Å². The summed E-state index contributed by atoms with van der Waals surface area (Å²) >= 11 is 0. The van der Waals surface area contributed by atoms with E-state index in [1.165, 1.54) is 0 Å². The van der Waals surface area contributed by atoms with E-state index in [-0.39, 0.29) is 5.97 Å². The van der Waals surface area contributed by atoms with Gasteiger partial charge in [-0.25, -0.2) is 4.79 Å². The predicted molar refractivity (Wildman–Crippen MR) is 60.8 cm³/mol. The van der Waals surface area contributed by atoms with Gasteiger partial charge >= 0.3 is 14.5 Å². The average Bonchev–Trinajstić information content (AvgIpc) is 2.16. The van der Waals surface area contributed by atoms with Crippen molar-refractivity contribution in [2.24, 2.45) is 0 Å². The van der Waals surface area contributed by atoms with Gasteiger partial charge in [0.15, 0.2) is 0 Å². The second-order valence-corrected chi connectivity index (χ2v) is 7.22. The molecule has 0 rings (SSSR count). The molecule has 0 amide bonds. The maximum absolute atomic E-state index is 11.0. The monoisotopic (exact) mass is 232 g/mol. The van der Waals surface area contributed by atoms with Crippen molar-refractivity contribution < 1.29 is 18.4 Å². The molecular formula is C10H20O4Si. The molecule has 0 fully saturated rings. The first-order chi connectivity index (χ1) is 6.89. The Labute approximate surface area is 92.5 Å². The lowest BCUT2D eigenvalue weighted by Gasteiger charge is -2.19. The number of rotatable bonds is 7. The van der Waals surface area contributed by atoms with Crippen LogP contribution in [0.5, 0.6) is 0 Å². The number of hydrogen-bond acceptors (Lipinski definition) is 4. The lowest BCUT2D eigenvalue weighted by Crippen LogP contribution is -2.33. The largest absolute Gasteiger partial charge is 0.462 e. The average molecular weight is 232 g/mol. The Morgan fingerprint density at radius 3 is 2.40 bits per heavy atom. The molecule has 0 aliphatic rings. The highest BCUT2D eigenvalue weighted by atomic mass is 28.4. The van der Waals surface area contributed by atoms with Gasteiger partial charge in [-0.1, -0.05) is 6.58 Å². The molecule has 0 radical (unpaired) electrons. The van der Waals surface area contributed by atoms with Gasteiger partial charge in [0.1, 0.15) is 0 Å². The SMILES string of the molecule is C=C(C)C(=O)OCCCO[Si](C)(C)OC. The molecule has 0 saturated carbocycles. The lowest BCUT2D eigenvalue weighted by molar-refractivity contribution is -0.139. The molecule has 0 aromatic carbocycles. The Morgan fingerprint density at radius 1 is 1.33 bits per heavy atom. The van der Waals surface area contributed by atoms with Crippen LogP contribution < -0.4 is 0 Å². The van der Waals surface area contributed by atoms with E-state index in [4.69, 9.17) is 13.6 Å². The van der Waals surface area contributed by atoms with Crippen molar-refractivity contribution in [2.75, 3.05) is 20.3 Å². The van der Waals surface area contributed by atoms with Crippen molar-refractivity contribution in [3.63, 3.8) is 0 Å². The van der Waals surface area contributed by atoms with Gasteiger partial charge in [0.2, 0.25) is 0 Å². The van der Waals surface area contributed by atoms with E-state index in [2.05, 4.69) is 6.58 Å². The summed E-state index contributed by atoms with van der Waals surface area (Å²) in [6, 6.07) is 0. The molecule has 0 N–H and O–H groups in total. The Hall–Kier alpha value is -0.653. The van der Waals surface area contributed by atoms with Crippen molar-refractivity contribution in [1.29, 1.82) is 0 Å². The first-order valence-electron chi connectivity index (χ1n) is 4.91. The normalized spacial score (nSPS) is 11.2. The second-order valence-electron chi connectivity index (χ2n) is 3.72. The Kier molecular flexibility index (Phi) is 6.47. The van der Waals surface area contributed by atoms with Gasteiger partial charge in [-0.3, -0.25) is 0 Å². The molecule has 0 aliphatic carbocycles. The van der Waals surface area contributed by atoms with Gasteiger partial charge in [0.25, 0.3) is 0 Å². The van der Waals surface area contributed by atoms with Crippen molar-refractivity contribution in [3.05, 3.63) is 12.2 Å². The molecule has 0 bridgehead atoms. The summed E-state index contributed by atoms with van der Waals surface area (Å²) in [4.78, 5) is 11.0. The van der Waals surface area contributed by atoms with E-state index in [1.807, 2.05) is 13.1 Å². The molecule has 0 aromatic rings. The highest BCUT2D eigenvalue weighted by molar-refractivity contribution is 6.64. The van der Waals surface area contributed by atoms with E-state index < -0.39 is 8.56 Å². The van der Waals surface area contributed by atoms with Crippen LogP contribution in [-0.4, -0.2) is 34.9 Å². The lowest BCUT2D eigenvalue weighted by atomic mass is 10.4. The van der Waals surface area contributed by atoms with E-state index in [0.29, 0.717) is 25.2 Å². The molecule has 0 atom stereocenters. The smallest absolute Gasteiger partial charge is 0.333 e. The molecular weight excluding hydrogens is 212 g/mol. The zero-order valence-corrected chi connectivity index (χ0v) is 11.0. The molecule has 0 spiro atoms. The van der Waals surface area contributed by atoms with Crippen LogP contribution in [0.4, 0.5) is 0 Å². The second kappa shape index (κ2) is 6.76. The third-order valence-corrected chi connectivity index (χ3v) is 3.69. The van der Waals surface area contributed by atoms with E-state index in [1.54, 1.807) is 14.0 Å². The Bertz CT molecular complexity index is 225. The van der Waals surface area contributed by atoms with Crippen LogP contribution in [-0.2, 0) is 18.4 Å². The summed E-state index contributed by atoms with van der Waals surface area (Å²) in [7, 11) is -0.288. The fraction of sp³-hybridized carbons (Fsp3) is 0.700. The molecule has 0 aliphatic heterocycles. The number of ether oxygens (including phenoxy) is 1. The fourth-order valence-corrected chi connectivity index (χ4v) is 1.48. The van der Waals surface area contributed by atoms with Gasteiger partial charge in [-0.15, -0.1) is 0 Å². The van der Waals surface area contributed by atoms with Crippen molar-refractivity contribution in [2.45, 2.75) is 26.4 Å². The maximum Gasteiger partial charge on any atom is 0.333 e. The van der Waals surface area contributed by atoms with Crippen LogP contribution in [0, 0.1) is 0 Å². The molecule has 0 aromatic heterocycles. The summed E-state index contributed by atoms with van der Waals surface area (Å²) in [5, 5.41) is 0. The van der Waals surface area contributed by atoms with Crippen LogP contribution in [0.15, 0.2) is 12.2 Å². The first kappa shape index (κ1) is 14.3. The Morgan fingerprint density at radius 2 is 1.93 bits per heavy atom.